The molecule has 2 amide bonds. The molecule has 0 radical (unpaired) electrons. The van der Waals surface area contributed by atoms with Crippen molar-refractivity contribution >= 4 is 17.5 Å². The highest BCUT2D eigenvalue weighted by Gasteiger charge is 2.48. The van der Waals surface area contributed by atoms with E-state index in [0.29, 0.717) is 36.0 Å². The summed E-state index contributed by atoms with van der Waals surface area (Å²) in [6, 6.07) is 28.5. The van der Waals surface area contributed by atoms with Gasteiger partial charge in [0.25, 0.3) is 5.91 Å². The third kappa shape index (κ3) is 4.35. The number of amides is 2. The second kappa shape index (κ2) is 9.70. The first-order valence-electron chi connectivity index (χ1n) is 12.0. The standard InChI is InChI=1S/C29H28N4O3/c1-3-36-24-16-14-23(15-17-24)33-27(34)26-18-25(22-12-8-5-9-13-22)31-32(26)20-29(33,2)28(35)30-19-21-10-6-4-7-11-21/h4-18H,3,19-20H2,1-2H3,(H,30,35)/t29-/m0/s1. The highest BCUT2D eigenvalue weighted by molar-refractivity contribution is 6.12. The van der Waals surface area contributed by atoms with Crippen molar-refractivity contribution in [3.63, 3.8) is 0 Å². The second-order valence-corrected chi connectivity index (χ2v) is 8.95. The van der Waals surface area contributed by atoms with Crippen LogP contribution in [0.4, 0.5) is 5.69 Å². The molecule has 0 unspecified atom stereocenters. The third-order valence-electron chi connectivity index (χ3n) is 6.41. The lowest BCUT2D eigenvalue weighted by atomic mass is 9.93. The summed E-state index contributed by atoms with van der Waals surface area (Å²) in [5.74, 6) is 0.172. The van der Waals surface area contributed by atoms with Crippen molar-refractivity contribution in [2.75, 3.05) is 11.5 Å². The fourth-order valence-corrected chi connectivity index (χ4v) is 4.56. The quantitative estimate of drug-likeness (QED) is 0.417. The molecular formula is C29H28N4O3. The van der Waals surface area contributed by atoms with E-state index in [1.54, 1.807) is 22.6 Å². The van der Waals surface area contributed by atoms with Gasteiger partial charge in [-0.05, 0) is 49.7 Å². The Hall–Kier alpha value is -4.39. The van der Waals surface area contributed by atoms with Crippen LogP contribution in [0.25, 0.3) is 11.3 Å². The highest BCUT2D eigenvalue weighted by Crippen LogP contribution is 2.35. The number of anilines is 1. The molecule has 5 rings (SSSR count). The molecule has 0 bridgehead atoms. The van der Waals surface area contributed by atoms with Crippen LogP contribution in [0.5, 0.6) is 5.75 Å². The molecule has 4 aromatic rings. The van der Waals surface area contributed by atoms with Crippen LogP contribution in [0.3, 0.4) is 0 Å². The number of carbonyl (C=O) groups excluding carboxylic acids is 2. The van der Waals surface area contributed by atoms with Crippen LogP contribution in [0.15, 0.2) is 91.0 Å². The average molecular weight is 481 g/mol. The summed E-state index contributed by atoms with van der Waals surface area (Å²) in [5, 5.41) is 7.74. The van der Waals surface area contributed by atoms with E-state index in [1.165, 1.54) is 0 Å². The van der Waals surface area contributed by atoms with Crippen molar-refractivity contribution in [1.82, 2.24) is 15.1 Å². The van der Waals surface area contributed by atoms with Gasteiger partial charge in [-0.3, -0.25) is 19.2 Å². The zero-order valence-electron chi connectivity index (χ0n) is 20.3. The second-order valence-electron chi connectivity index (χ2n) is 8.95. The van der Waals surface area contributed by atoms with Gasteiger partial charge in [-0.2, -0.15) is 5.10 Å². The van der Waals surface area contributed by atoms with Crippen LogP contribution in [0, 0.1) is 0 Å². The topological polar surface area (TPSA) is 76.5 Å². The first-order chi connectivity index (χ1) is 17.5. The van der Waals surface area contributed by atoms with Crippen molar-refractivity contribution in [2.24, 2.45) is 0 Å². The van der Waals surface area contributed by atoms with E-state index < -0.39 is 5.54 Å². The number of rotatable bonds is 7. The summed E-state index contributed by atoms with van der Waals surface area (Å²) in [6.07, 6.45) is 0. The number of fused-ring (bicyclic) bond motifs is 1. The Labute approximate surface area is 210 Å². The zero-order valence-corrected chi connectivity index (χ0v) is 20.3. The number of hydrogen-bond acceptors (Lipinski definition) is 4. The summed E-state index contributed by atoms with van der Waals surface area (Å²) in [7, 11) is 0. The maximum Gasteiger partial charge on any atom is 0.277 e. The molecule has 0 saturated carbocycles. The predicted octanol–water partition coefficient (Wildman–Crippen LogP) is 4.68. The molecule has 0 fully saturated rings. The lowest BCUT2D eigenvalue weighted by molar-refractivity contribution is -0.126. The van der Waals surface area contributed by atoms with Gasteiger partial charge in [0, 0.05) is 17.8 Å². The number of nitrogens with zero attached hydrogens (tertiary/aromatic N) is 3. The van der Waals surface area contributed by atoms with E-state index in [4.69, 9.17) is 9.84 Å². The first-order valence-corrected chi connectivity index (χ1v) is 12.0. The van der Waals surface area contributed by atoms with Crippen LogP contribution >= 0.6 is 0 Å². The molecule has 1 atom stereocenters. The molecule has 0 saturated heterocycles. The molecule has 1 N–H and O–H groups in total. The first kappa shape index (κ1) is 23.4. The summed E-state index contributed by atoms with van der Waals surface area (Å²) < 4.78 is 7.22. The van der Waals surface area contributed by atoms with Gasteiger partial charge >= 0.3 is 0 Å². The van der Waals surface area contributed by atoms with Crippen LogP contribution in [-0.4, -0.2) is 33.7 Å². The SMILES string of the molecule is CCOc1ccc(N2C(=O)c3cc(-c4ccccc4)nn3C[C@@]2(C)C(=O)NCc2ccccc2)cc1. The van der Waals surface area contributed by atoms with Crippen molar-refractivity contribution in [1.29, 1.82) is 0 Å². The molecule has 7 nitrogen and oxygen atoms in total. The molecule has 7 heteroatoms. The zero-order chi connectivity index (χ0) is 25.1. The van der Waals surface area contributed by atoms with Gasteiger partial charge in [0.05, 0.1) is 18.8 Å². The number of aromatic nitrogens is 2. The monoisotopic (exact) mass is 480 g/mol. The largest absolute Gasteiger partial charge is 0.494 e. The molecule has 0 aliphatic carbocycles. The van der Waals surface area contributed by atoms with Gasteiger partial charge in [0.15, 0.2) is 0 Å². The number of hydrogen-bond donors (Lipinski definition) is 1. The van der Waals surface area contributed by atoms with E-state index in [0.717, 1.165) is 11.1 Å². The highest BCUT2D eigenvalue weighted by atomic mass is 16.5. The van der Waals surface area contributed by atoms with Gasteiger partial charge < -0.3 is 10.1 Å². The Bertz CT molecular complexity index is 1370. The van der Waals surface area contributed by atoms with Gasteiger partial charge in [0.2, 0.25) is 5.91 Å². The fraction of sp³-hybridized carbons (Fsp3) is 0.207. The van der Waals surface area contributed by atoms with E-state index in [2.05, 4.69) is 5.32 Å². The summed E-state index contributed by atoms with van der Waals surface area (Å²) >= 11 is 0. The molecule has 1 aromatic heterocycles. The smallest absolute Gasteiger partial charge is 0.277 e. The Morgan fingerprint density at radius 1 is 1.00 bits per heavy atom. The minimum atomic E-state index is -1.20. The van der Waals surface area contributed by atoms with Crippen LogP contribution in [0.2, 0.25) is 0 Å². The van der Waals surface area contributed by atoms with Crippen LogP contribution in [0.1, 0.15) is 29.9 Å². The minimum Gasteiger partial charge on any atom is -0.494 e. The van der Waals surface area contributed by atoms with Gasteiger partial charge in [-0.25, -0.2) is 0 Å². The Morgan fingerprint density at radius 2 is 1.67 bits per heavy atom. The Kier molecular flexibility index (Phi) is 6.29. The van der Waals surface area contributed by atoms with Crippen molar-refractivity contribution in [3.05, 3.63) is 102 Å². The molecule has 3 aromatic carbocycles. The van der Waals surface area contributed by atoms with E-state index in [-0.39, 0.29) is 18.4 Å². The molecule has 0 spiro atoms. The molecule has 1 aliphatic rings. The molecule has 182 valence electrons. The number of nitrogens with one attached hydrogen (secondary N) is 1. The summed E-state index contributed by atoms with van der Waals surface area (Å²) in [4.78, 5) is 29.2. The normalized spacial score (nSPS) is 16.9. The number of benzene rings is 3. The van der Waals surface area contributed by atoms with E-state index in [1.807, 2.05) is 91.9 Å². The van der Waals surface area contributed by atoms with Crippen molar-refractivity contribution in [2.45, 2.75) is 32.5 Å². The van der Waals surface area contributed by atoms with Crippen LogP contribution < -0.4 is 15.0 Å². The molecule has 36 heavy (non-hydrogen) atoms. The predicted molar refractivity (Wildman–Crippen MR) is 139 cm³/mol. The Balaban J connectivity index is 1.53. The number of ether oxygens (including phenoxy) is 1. The van der Waals surface area contributed by atoms with Gasteiger partial charge in [-0.15, -0.1) is 0 Å². The number of carbonyl (C=O) groups is 2. The lowest BCUT2D eigenvalue weighted by Crippen LogP contribution is -2.64. The van der Waals surface area contributed by atoms with Gasteiger partial charge in [0.1, 0.15) is 17.0 Å². The van der Waals surface area contributed by atoms with E-state index in [9.17, 15) is 9.59 Å². The van der Waals surface area contributed by atoms with Gasteiger partial charge in [-0.1, -0.05) is 60.7 Å². The molecular weight excluding hydrogens is 452 g/mol. The van der Waals surface area contributed by atoms with Crippen molar-refractivity contribution < 1.29 is 14.3 Å². The van der Waals surface area contributed by atoms with Crippen LogP contribution in [-0.2, 0) is 17.9 Å². The maximum atomic E-state index is 13.9. The third-order valence-corrected chi connectivity index (χ3v) is 6.41. The maximum absolute atomic E-state index is 13.9. The molecule has 1 aliphatic heterocycles. The molecule has 2 heterocycles. The Morgan fingerprint density at radius 3 is 2.33 bits per heavy atom. The minimum absolute atomic E-state index is 0.217. The average Bonchev–Trinajstić information content (AvgIpc) is 3.33. The van der Waals surface area contributed by atoms with E-state index >= 15 is 0 Å². The lowest BCUT2D eigenvalue weighted by Gasteiger charge is -2.43. The van der Waals surface area contributed by atoms with Crippen molar-refractivity contribution in [3.8, 4) is 17.0 Å². The summed E-state index contributed by atoms with van der Waals surface area (Å²) in [5.41, 5.74) is 2.45. The fourth-order valence-electron chi connectivity index (χ4n) is 4.56. The summed E-state index contributed by atoms with van der Waals surface area (Å²) in [6.45, 7) is 4.83.